The Hall–Kier alpha value is -1.01. The Labute approximate surface area is 78.6 Å². The third-order valence-corrected chi connectivity index (χ3v) is 3.27. The molecular weight excluding hydrogens is 192 g/mol. The number of carboxylic acid groups (broad SMARTS) is 1. The van der Waals surface area contributed by atoms with E-state index in [1.807, 2.05) is 0 Å². The summed E-state index contributed by atoms with van der Waals surface area (Å²) in [6, 6.07) is -1.38. The zero-order valence-corrected chi connectivity index (χ0v) is 7.40. The SMILES string of the molecule is NC1C(=O)N2C(C(=O)O)C=CSC12. The van der Waals surface area contributed by atoms with Crippen molar-refractivity contribution in [2.24, 2.45) is 5.73 Å². The van der Waals surface area contributed by atoms with Crippen LogP contribution in [-0.4, -0.2) is 39.3 Å². The number of aliphatic carboxylic acids is 1. The molecule has 1 fully saturated rings. The number of nitrogens with two attached hydrogens (primary N) is 1. The molecule has 0 aromatic rings. The summed E-state index contributed by atoms with van der Waals surface area (Å²) in [5.41, 5.74) is 5.50. The van der Waals surface area contributed by atoms with Gasteiger partial charge in [0.15, 0.2) is 0 Å². The van der Waals surface area contributed by atoms with Crippen LogP contribution in [0.25, 0.3) is 0 Å². The van der Waals surface area contributed by atoms with Gasteiger partial charge in [0.2, 0.25) is 5.91 Å². The summed E-state index contributed by atoms with van der Waals surface area (Å²) in [6.07, 6.45) is 1.49. The van der Waals surface area contributed by atoms with Crippen molar-refractivity contribution in [1.29, 1.82) is 0 Å². The van der Waals surface area contributed by atoms with Crippen LogP contribution in [0.2, 0.25) is 0 Å². The van der Waals surface area contributed by atoms with Crippen molar-refractivity contribution >= 4 is 23.6 Å². The molecule has 2 rings (SSSR count). The predicted octanol–water partition coefficient (Wildman–Crippen LogP) is -0.804. The highest BCUT2D eigenvalue weighted by atomic mass is 32.2. The van der Waals surface area contributed by atoms with Crippen LogP contribution >= 0.6 is 11.8 Å². The molecule has 0 aromatic carbocycles. The molecule has 0 saturated carbocycles. The predicted molar refractivity (Wildman–Crippen MR) is 46.8 cm³/mol. The van der Waals surface area contributed by atoms with Gasteiger partial charge >= 0.3 is 5.97 Å². The van der Waals surface area contributed by atoms with E-state index in [0.717, 1.165) is 0 Å². The smallest absolute Gasteiger partial charge is 0.330 e. The van der Waals surface area contributed by atoms with Crippen molar-refractivity contribution in [3.8, 4) is 0 Å². The Balaban J connectivity index is 2.24. The summed E-state index contributed by atoms with van der Waals surface area (Å²) in [4.78, 5) is 23.2. The van der Waals surface area contributed by atoms with Crippen molar-refractivity contribution in [2.45, 2.75) is 17.5 Å². The monoisotopic (exact) mass is 200 g/mol. The lowest BCUT2D eigenvalue weighted by molar-refractivity contribution is -0.157. The number of rotatable bonds is 1. The number of nitrogens with zero attached hydrogens (tertiary/aromatic N) is 1. The number of β-lactam (4-membered cyclic amide) rings is 1. The minimum Gasteiger partial charge on any atom is -0.479 e. The van der Waals surface area contributed by atoms with E-state index in [-0.39, 0.29) is 11.3 Å². The molecule has 2 heterocycles. The normalized spacial score (nSPS) is 36.8. The topological polar surface area (TPSA) is 83.6 Å². The number of thioether (sulfide) groups is 1. The first kappa shape index (κ1) is 8.58. The molecule has 2 aliphatic heterocycles. The highest BCUT2D eigenvalue weighted by Crippen LogP contribution is 2.35. The first-order valence-electron chi connectivity index (χ1n) is 3.75. The van der Waals surface area contributed by atoms with E-state index in [1.54, 1.807) is 5.41 Å². The van der Waals surface area contributed by atoms with Gasteiger partial charge in [-0.1, -0.05) is 0 Å². The van der Waals surface area contributed by atoms with Gasteiger partial charge in [0, 0.05) is 0 Å². The quantitative estimate of drug-likeness (QED) is 0.541. The van der Waals surface area contributed by atoms with E-state index in [0.29, 0.717) is 0 Å². The summed E-state index contributed by atoms with van der Waals surface area (Å²) in [7, 11) is 0. The van der Waals surface area contributed by atoms with E-state index in [9.17, 15) is 9.59 Å². The van der Waals surface area contributed by atoms with Crippen LogP contribution in [0, 0.1) is 0 Å². The molecular formula is C7H8N2O3S. The van der Waals surface area contributed by atoms with Crippen molar-refractivity contribution in [3.63, 3.8) is 0 Å². The standard InChI is InChI=1S/C7H8N2O3S/c8-4-5(10)9-3(7(11)12)1-2-13-6(4)9/h1-4,6H,8H2,(H,11,12). The Bertz CT molecular complexity index is 304. The van der Waals surface area contributed by atoms with Gasteiger partial charge < -0.3 is 15.7 Å². The van der Waals surface area contributed by atoms with Gasteiger partial charge in [-0.25, -0.2) is 4.79 Å². The minimum absolute atomic E-state index is 0.196. The van der Waals surface area contributed by atoms with E-state index in [2.05, 4.69) is 0 Å². The van der Waals surface area contributed by atoms with Crippen LogP contribution in [0.4, 0.5) is 0 Å². The second-order valence-corrected chi connectivity index (χ2v) is 3.94. The number of carboxylic acids is 1. The number of fused-ring (bicyclic) bond motifs is 1. The average molecular weight is 200 g/mol. The summed E-state index contributed by atoms with van der Waals surface area (Å²) in [5, 5.41) is 10.3. The van der Waals surface area contributed by atoms with Crippen molar-refractivity contribution in [2.75, 3.05) is 0 Å². The molecule has 3 N–H and O–H groups in total. The molecule has 0 radical (unpaired) electrons. The van der Waals surface area contributed by atoms with Crippen LogP contribution in [0.5, 0.6) is 0 Å². The number of hydrogen-bond donors (Lipinski definition) is 2. The molecule has 3 unspecified atom stereocenters. The molecule has 2 aliphatic rings. The van der Waals surface area contributed by atoms with Gasteiger partial charge in [-0.05, 0) is 11.5 Å². The van der Waals surface area contributed by atoms with Gasteiger partial charge in [-0.15, -0.1) is 11.8 Å². The molecule has 13 heavy (non-hydrogen) atoms. The van der Waals surface area contributed by atoms with E-state index >= 15 is 0 Å². The van der Waals surface area contributed by atoms with E-state index in [4.69, 9.17) is 10.8 Å². The molecule has 0 aromatic heterocycles. The lowest BCUT2D eigenvalue weighted by Crippen LogP contribution is -2.71. The fourth-order valence-corrected chi connectivity index (χ4v) is 2.50. The van der Waals surface area contributed by atoms with E-state index in [1.165, 1.54) is 22.7 Å². The minimum atomic E-state index is -1.01. The highest BCUT2D eigenvalue weighted by molar-refractivity contribution is 8.02. The molecule has 1 amide bonds. The lowest BCUT2D eigenvalue weighted by atomic mass is 10.0. The first-order valence-corrected chi connectivity index (χ1v) is 4.70. The Kier molecular flexibility index (Phi) is 1.81. The molecule has 70 valence electrons. The van der Waals surface area contributed by atoms with Gasteiger partial charge in [-0.3, -0.25) is 4.79 Å². The summed E-state index contributed by atoms with van der Waals surface area (Å²) >= 11 is 1.38. The second kappa shape index (κ2) is 2.74. The van der Waals surface area contributed by atoms with Gasteiger partial charge in [-0.2, -0.15) is 0 Å². The van der Waals surface area contributed by atoms with Crippen molar-refractivity contribution in [3.05, 3.63) is 11.5 Å². The van der Waals surface area contributed by atoms with Gasteiger partial charge in [0.1, 0.15) is 17.5 Å². The average Bonchev–Trinajstić information content (AvgIpc) is 2.15. The van der Waals surface area contributed by atoms with Gasteiger partial charge in [0.25, 0.3) is 0 Å². The fraction of sp³-hybridized carbons (Fsp3) is 0.429. The van der Waals surface area contributed by atoms with Crippen LogP contribution in [0.3, 0.4) is 0 Å². The Morgan fingerprint density at radius 3 is 3.00 bits per heavy atom. The van der Waals surface area contributed by atoms with Crippen LogP contribution in [0.1, 0.15) is 0 Å². The maximum Gasteiger partial charge on any atom is 0.330 e. The van der Waals surface area contributed by atoms with E-state index < -0.39 is 18.1 Å². The second-order valence-electron chi connectivity index (χ2n) is 2.91. The molecule has 5 nitrogen and oxygen atoms in total. The zero-order valence-electron chi connectivity index (χ0n) is 6.58. The third-order valence-electron chi connectivity index (χ3n) is 2.15. The molecule has 0 spiro atoms. The van der Waals surface area contributed by atoms with Crippen molar-refractivity contribution < 1.29 is 14.7 Å². The van der Waals surface area contributed by atoms with Crippen molar-refractivity contribution in [1.82, 2.24) is 4.90 Å². The van der Waals surface area contributed by atoms with Gasteiger partial charge in [0.05, 0.1) is 0 Å². The number of hydrogen-bond acceptors (Lipinski definition) is 4. The third kappa shape index (κ3) is 1.06. The summed E-state index contributed by atoms with van der Waals surface area (Å²) < 4.78 is 0. The molecule has 0 aliphatic carbocycles. The molecule has 3 atom stereocenters. The molecule has 1 saturated heterocycles. The summed E-state index contributed by atoms with van der Waals surface area (Å²) in [6.45, 7) is 0. The number of amides is 1. The maximum atomic E-state index is 11.2. The fourth-order valence-electron chi connectivity index (χ4n) is 1.45. The lowest BCUT2D eigenvalue weighted by Gasteiger charge is -2.48. The number of carbonyl (C=O) groups excluding carboxylic acids is 1. The van der Waals surface area contributed by atoms with Crippen LogP contribution in [0.15, 0.2) is 11.5 Å². The first-order chi connectivity index (χ1) is 6.13. The number of carbonyl (C=O) groups is 2. The van der Waals surface area contributed by atoms with Crippen LogP contribution < -0.4 is 5.73 Å². The molecule has 0 bridgehead atoms. The Morgan fingerprint density at radius 2 is 2.38 bits per heavy atom. The Morgan fingerprint density at radius 1 is 1.69 bits per heavy atom. The maximum absolute atomic E-state index is 11.2. The summed E-state index contributed by atoms with van der Waals surface area (Å²) in [5.74, 6) is -1.30. The largest absolute Gasteiger partial charge is 0.479 e. The zero-order chi connectivity index (χ0) is 9.59. The molecule has 6 heteroatoms. The highest BCUT2D eigenvalue weighted by Gasteiger charge is 2.51. The van der Waals surface area contributed by atoms with Crippen LogP contribution in [-0.2, 0) is 9.59 Å².